The Balaban J connectivity index is 1.35. The van der Waals surface area contributed by atoms with Crippen LogP contribution in [-0.2, 0) is 16.1 Å². The molecule has 0 aliphatic carbocycles. The number of carbonyl (C=O) groups excluding carboxylic acids is 2. The molecule has 190 valence electrons. The van der Waals surface area contributed by atoms with Crippen molar-refractivity contribution < 1.29 is 19.1 Å². The maximum absolute atomic E-state index is 13.1. The van der Waals surface area contributed by atoms with Crippen molar-refractivity contribution in [1.82, 2.24) is 24.3 Å². The smallest absolute Gasteiger partial charge is 0.409 e. The van der Waals surface area contributed by atoms with Crippen LogP contribution < -0.4 is 10.5 Å². The number of amides is 2. The Morgan fingerprint density at radius 2 is 1.59 bits per heavy atom. The van der Waals surface area contributed by atoms with E-state index in [1.54, 1.807) is 21.3 Å². The van der Waals surface area contributed by atoms with Crippen molar-refractivity contribution >= 4 is 28.9 Å². The monoisotopic (exact) mass is 500 g/mol. The Hall–Kier alpha value is -4.60. The molecule has 0 bridgehead atoms. The third kappa shape index (κ3) is 5.18. The number of benzene rings is 2. The molecule has 37 heavy (non-hydrogen) atoms. The number of anilines is 1. The average Bonchev–Trinajstić information content (AvgIpc) is 3.29. The van der Waals surface area contributed by atoms with E-state index in [9.17, 15) is 9.59 Å². The molecule has 10 heteroatoms. The molecule has 4 aromatic rings. The summed E-state index contributed by atoms with van der Waals surface area (Å²) in [5.74, 6) is 1.75. The highest BCUT2D eigenvalue weighted by atomic mass is 16.6. The van der Waals surface area contributed by atoms with Crippen molar-refractivity contribution in [3.63, 3.8) is 0 Å². The molecule has 3 heterocycles. The first-order valence-electron chi connectivity index (χ1n) is 12.2. The highest BCUT2D eigenvalue weighted by molar-refractivity contribution is 6.01. The SMILES string of the molecule is CCOC(=O)N1CCN(C(=O)Cn2cc(-c3ccc(Oc4ccccc4)cc3)c3c(N)ncnc32)CC1. The van der Waals surface area contributed by atoms with Gasteiger partial charge in [0.2, 0.25) is 5.91 Å². The predicted octanol–water partition coefficient (Wildman–Crippen LogP) is 3.77. The number of para-hydroxylation sites is 1. The topological polar surface area (TPSA) is 116 Å². The molecule has 5 rings (SSSR count). The molecule has 1 saturated heterocycles. The van der Waals surface area contributed by atoms with E-state index in [2.05, 4.69) is 9.97 Å². The molecule has 2 amide bonds. The quantitative estimate of drug-likeness (QED) is 0.428. The first-order chi connectivity index (χ1) is 18.0. The van der Waals surface area contributed by atoms with Gasteiger partial charge < -0.3 is 29.6 Å². The van der Waals surface area contributed by atoms with Crippen molar-refractivity contribution in [2.75, 3.05) is 38.5 Å². The van der Waals surface area contributed by atoms with Gasteiger partial charge in [-0.2, -0.15) is 0 Å². The van der Waals surface area contributed by atoms with Crippen molar-refractivity contribution in [2.45, 2.75) is 13.5 Å². The van der Waals surface area contributed by atoms with Gasteiger partial charge in [-0.15, -0.1) is 0 Å². The number of nitrogen functional groups attached to an aromatic ring is 1. The van der Waals surface area contributed by atoms with E-state index in [0.717, 1.165) is 16.9 Å². The molecule has 10 nitrogen and oxygen atoms in total. The van der Waals surface area contributed by atoms with E-state index in [4.69, 9.17) is 15.2 Å². The molecule has 1 fully saturated rings. The van der Waals surface area contributed by atoms with Crippen molar-refractivity contribution in [2.24, 2.45) is 0 Å². The van der Waals surface area contributed by atoms with Crippen LogP contribution in [0.25, 0.3) is 22.2 Å². The fraction of sp³-hybridized carbons (Fsp3) is 0.259. The number of rotatable bonds is 6. The van der Waals surface area contributed by atoms with Crippen LogP contribution in [0.2, 0.25) is 0 Å². The van der Waals surface area contributed by atoms with Gasteiger partial charge in [0, 0.05) is 37.9 Å². The zero-order chi connectivity index (χ0) is 25.8. The lowest BCUT2D eigenvalue weighted by Gasteiger charge is -2.34. The summed E-state index contributed by atoms with van der Waals surface area (Å²) in [5, 5.41) is 0.694. The summed E-state index contributed by atoms with van der Waals surface area (Å²) in [6, 6.07) is 17.2. The van der Waals surface area contributed by atoms with E-state index in [1.807, 2.05) is 60.8 Å². The molecule has 1 aliphatic heterocycles. The molecule has 2 N–H and O–H groups in total. The minimum atomic E-state index is -0.344. The van der Waals surface area contributed by atoms with E-state index in [0.29, 0.717) is 55.4 Å². The molecule has 1 aliphatic rings. The van der Waals surface area contributed by atoms with Crippen LogP contribution in [0.15, 0.2) is 67.1 Å². The summed E-state index contributed by atoms with van der Waals surface area (Å²) >= 11 is 0. The highest BCUT2D eigenvalue weighted by Crippen LogP contribution is 2.34. The van der Waals surface area contributed by atoms with Crippen LogP contribution in [0.1, 0.15) is 6.92 Å². The fourth-order valence-electron chi connectivity index (χ4n) is 4.41. The third-order valence-electron chi connectivity index (χ3n) is 6.29. The number of hydrogen-bond donors (Lipinski definition) is 1. The van der Waals surface area contributed by atoms with Crippen LogP contribution in [0.3, 0.4) is 0 Å². The largest absolute Gasteiger partial charge is 0.457 e. The second-order valence-electron chi connectivity index (χ2n) is 8.63. The van der Waals surface area contributed by atoms with E-state index >= 15 is 0 Å². The number of nitrogens with two attached hydrogens (primary N) is 1. The molecule has 2 aromatic heterocycles. The lowest BCUT2D eigenvalue weighted by atomic mass is 10.1. The van der Waals surface area contributed by atoms with Crippen LogP contribution in [0.4, 0.5) is 10.6 Å². The normalized spacial score (nSPS) is 13.5. The molecule has 0 atom stereocenters. The van der Waals surface area contributed by atoms with Gasteiger partial charge in [-0.05, 0) is 36.8 Å². The van der Waals surface area contributed by atoms with Crippen LogP contribution in [0.5, 0.6) is 11.5 Å². The van der Waals surface area contributed by atoms with E-state index in [-0.39, 0.29) is 18.5 Å². The predicted molar refractivity (Wildman–Crippen MR) is 139 cm³/mol. The van der Waals surface area contributed by atoms with Gasteiger partial charge in [-0.25, -0.2) is 14.8 Å². The summed E-state index contributed by atoms with van der Waals surface area (Å²) in [5.41, 5.74) is 8.57. The summed E-state index contributed by atoms with van der Waals surface area (Å²) in [4.78, 5) is 37.1. The van der Waals surface area contributed by atoms with Gasteiger partial charge in [0.15, 0.2) is 0 Å². The number of aromatic nitrogens is 3. The highest BCUT2D eigenvalue weighted by Gasteiger charge is 2.26. The van der Waals surface area contributed by atoms with Gasteiger partial charge in [-0.1, -0.05) is 30.3 Å². The minimum absolute atomic E-state index is 0.0595. The lowest BCUT2D eigenvalue weighted by Crippen LogP contribution is -2.51. The average molecular weight is 501 g/mol. The van der Waals surface area contributed by atoms with Crippen molar-refractivity contribution in [3.05, 3.63) is 67.1 Å². The summed E-state index contributed by atoms with van der Waals surface area (Å²) in [7, 11) is 0. The number of fused-ring (bicyclic) bond motifs is 1. The first kappa shape index (κ1) is 24.1. The van der Waals surface area contributed by atoms with Gasteiger partial charge in [0.25, 0.3) is 0 Å². The lowest BCUT2D eigenvalue weighted by molar-refractivity contribution is -0.133. The van der Waals surface area contributed by atoms with Gasteiger partial charge in [-0.3, -0.25) is 4.79 Å². The van der Waals surface area contributed by atoms with Crippen LogP contribution >= 0.6 is 0 Å². The molecule has 0 spiro atoms. The Bertz CT molecular complexity index is 1400. The van der Waals surface area contributed by atoms with Gasteiger partial charge >= 0.3 is 6.09 Å². The zero-order valence-corrected chi connectivity index (χ0v) is 20.5. The zero-order valence-electron chi connectivity index (χ0n) is 20.5. The Morgan fingerprint density at radius 3 is 2.30 bits per heavy atom. The second kappa shape index (κ2) is 10.6. The fourth-order valence-corrected chi connectivity index (χ4v) is 4.41. The summed E-state index contributed by atoms with van der Waals surface area (Å²) < 4.78 is 12.8. The number of hydrogen-bond acceptors (Lipinski definition) is 7. The Morgan fingerprint density at radius 1 is 0.919 bits per heavy atom. The molecule has 0 saturated carbocycles. The number of nitrogens with zero attached hydrogens (tertiary/aromatic N) is 5. The van der Waals surface area contributed by atoms with Crippen LogP contribution in [-0.4, -0.2) is 69.1 Å². The second-order valence-corrected chi connectivity index (χ2v) is 8.63. The van der Waals surface area contributed by atoms with Gasteiger partial charge in [0.05, 0.1) is 12.0 Å². The Labute approximate surface area is 214 Å². The molecule has 0 unspecified atom stereocenters. The third-order valence-corrected chi connectivity index (χ3v) is 6.29. The molecular weight excluding hydrogens is 472 g/mol. The Kier molecular flexibility index (Phi) is 6.89. The summed E-state index contributed by atoms with van der Waals surface area (Å²) in [6.07, 6.45) is 2.94. The molecule has 2 aromatic carbocycles. The first-order valence-corrected chi connectivity index (χ1v) is 12.2. The maximum Gasteiger partial charge on any atom is 0.409 e. The maximum atomic E-state index is 13.1. The van der Waals surface area contributed by atoms with Gasteiger partial charge in [0.1, 0.15) is 35.8 Å². The molecule has 0 radical (unpaired) electrons. The van der Waals surface area contributed by atoms with Crippen molar-refractivity contribution in [1.29, 1.82) is 0 Å². The van der Waals surface area contributed by atoms with E-state index < -0.39 is 0 Å². The standard InChI is InChI=1S/C27H28N6O4/c1-2-36-27(35)32-14-12-31(13-15-32)23(34)17-33-16-22(24-25(28)29-18-30-26(24)33)19-8-10-21(11-9-19)37-20-6-4-3-5-7-20/h3-11,16,18H,2,12-15,17H2,1H3,(H2,28,29,30). The summed E-state index contributed by atoms with van der Waals surface area (Å²) in [6.45, 7) is 3.98. The van der Waals surface area contributed by atoms with Crippen molar-refractivity contribution in [3.8, 4) is 22.6 Å². The van der Waals surface area contributed by atoms with E-state index in [1.165, 1.54) is 6.33 Å². The molecular formula is C27H28N6O4. The minimum Gasteiger partial charge on any atom is -0.457 e. The number of carbonyl (C=O) groups is 2. The van der Waals surface area contributed by atoms with Crippen LogP contribution in [0, 0.1) is 0 Å². The number of ether oxygens (including phenoxy) is 2. The number of piperazine rings is 1.